The molecule has 0 saturated heterocycles. The number of ketones is 1. The van der Waals surface area contributed by atoms with Gasteiger partial charge in [0.25, 0.3) is 5.78 Å². The van der Waals surface area contributed by atoms with Crippen molar-refractivity contribution in [2.75, 3.05) is 6.61 Å². The number of carbonyl (C=O) groups excluding carboxylic acids is 3. The van der Waals surface area contributed by atoms with Crippen LogP contribution in [0, 0.1) is 0 Å². The fraction of sp³-hybridized carbons (Fsp3) is 0.176. The Bertz CT molecular complexity index is 1590. The van der Waals surface area contributed by atoms with Crippen LogP contribution in [0.4, 0.5) is 4.79 Å². The van der Waals surface area contributed by atoms with Crippen molar-refractivity contribution in [3.63, 3.8) is 0 Å². The van der Waals surface area contributed by atoms with Crippen LogP contribution < -0.4 is 10.6 Å². The quantitative estimate of drug-likeness (QED) is 0.195. The number of benzene rings is 4. The molecule has 4 aromatic rings. The number of Topliss-reactive ketones (excluding diaryl/α,β-unsaturated/α-hetero) is 1. The summed E-state index contributed by atoms with van der Waals surface area (Å²) in [5, 5.41) is 24.2. The number of hydrogen-bond acceptors (Lipinski definition) is 6. The van der Waals surface area contributed by atoms with Gasteiger partial charge < -0.3 is 25.6 Å². The number of aliphatic carboxylic acids is 1. The van der Waals surface area contributed by atoms with Crippen LogP contribution in [0.3, 0.4) is 0 Å². The van der Waals surface area contributed by atoms with Crippen molar-refractivity contribution >= 4 is 23.8 Å². The molecule has 0 radical (unpaired) electrons. The Kier molecular flexibility index (Phi) is 8.81. The number of hydrogen-bond donors (Lipinski definition) is 4. The van der Waals surface area contributed by atoms with E-state index in [4.69, 9.17) is 4.74 Å². The van der Waals surface area contributed by atoms with E-state index in [0.29, 0.717) is 11.1 Å². The highest BCUT2D eigenvalue weighted by atomic mass is 16.5. The normalized spacial score (nSPS) is 13.2. The van der Waals surface area contributed by atoms with Gasteiger partial charge in [0.2, 0.25) is 5.91 Å². The lowest BCUT2D eigenvalue weighted by atomic mass is 9.98. The molecule has 0 unspecified atom stereocenters. The Morgan fingerprint density at radius 2 is 1.21 bits per heavy atom. The van der Waals surface area contributed by atoms with Crippen LogP contribution in [0.25, 0.3) is 11.1 Å². The fourth-order valence-electron chi connectivity index (χ4n) is 5.34. The zero-order chi connectivity index (χ0) is 30.3. The Morgan fingerprint density at radius 3 is 1.81 bits per heavy atom. The lowest BCUT2D eigenvalue weighted by Gasteiger charge is -2.23. The molecule has 9 heteroatoms. The highest BCUT2D eigenvalue weighted by Crippen LogP contribution is 2.44. The summed E-state index contributed by atoms with van der Waals surface area (Å²) < 4.78 is 5.63. The number of rotatable bonds is 11. The molecule has 4 aromatic carbocycles. The maximum absolute atomic E-state index is 13.5. The summed E-state index contributed by atoms with van der Waals surface area (Å²) in [7, 11) is 0. The molecule has 43 heavy (non-hydrogen) atoms. The van der Waals surface area contributed by atoms with Crippen molar-refractivity contribution in [3.05, 3.63) is 125 Å². The van der Waals surface area contributed by atoms with E-state index in [1.54, 1.807) is 42.5 Å². The average Bonchev–Trinajstić information content (AvgIpc) is 3.34. The van der Waals surface area contributed by atoms with Gasteiger partial charge in [-0.05, 0) is 45.5 Å². The first kappa shape index (κ1) is 29.1. The number of phenols is 1. The van der Waals surface area contributed by atoms with Crippen LogP contribution >= 0.6 is 0 Å². The molecule has 0 aliphatic heterocycles. The van der Waals surface area contributed by atoms with Crippen molar-refractivity contribution in [2.24, 2.45) is 0 Å². The highest BCUT2D eigenvalue weighted by molar-refractivity contribution is 6.35. The molecule has 0 bridgehead atoms. The first-order valence-electron chi connectivity index (χ1n) is 13.8. The second-order valence-electron chi connectivity index (χ2n) is 10.3. The van der Waals surface area contributed by atoms with Crippen molar-refractivity contribution in [2.45, 2.75) is 30.8 Å². The second-order valence-corrected chi connectivity index (χ2v) is 10.3. The van der Waals surface area contributed by atoms with Crippen LogP contribution in [0.5, 0.6) is 5.75 Å². The van der Waals surface area contributed by atoms with Crippen molar-refractivity contribution < 1.29 is 34.1 Å². The monoisotopic (exact) mass is 578 g/mol. The van der Waals surface area contributed by atoms with Gasteiger partial charge >= 0.3 is 12.1 Å². The van der Waals surface area contributed by atoms with Crippen molar-refractivity contribution in [1.29, 1.82) is 0 Å². The molecule has 2 amide bonds. The third-order valence-electron chi connectivity index (χ3n) is 7.45. The molecule has 2 atom stereocenters. The first-order valence-corrected chi connectivity index (χ1v) is 13.8. The lowest BCUT2D eigenvalue weighted by molar-refractivity contribution is -0.150. The van der Waals surface area contributed by atoms with Crippen molar-refractivity contribution in [3.8, 4) is 16.9 Å². The van der Waals surface area contributed by atoms with Crippen molar-refractivity contribution in [1.82, 2.24) is 10.6 Å². The molecule has 0 spiro atoms. The Hall–Kier alpha value is -5.44. The number of aromatic hydroxyl groups is 1. The maximum atomic E-state index is 13.5. The summed E-state index contributed by atoms with van der Waals surface area (Å²) in [6.45, 7) is 0.0293. The van der Waals surface area contributed by atoms with Gasteiger partial charge in [0.15, 0.2) is 0 Å². The Morgan fingerprint density at radius 1 is 0.674 bits per heavy atom. The zero-order valence-electron chi connectivity index (χ0n) is 23.1. The predicted octanol–water partition coefficient (Wildman–Crippen LogP) is 4.22. The molecule has 5 rings (SSSR count). The van der Waals surface area contributed by atoms with Crippen LogP contribution in [-0.4, -0.2) is 52.7 Å². The number of carboxylic acid groups (broad SMARTS) is 1. The minimum atomic E-state index is -1.68. The molecular formula is C34H30N2O7. The van der Waals surface area contributed by atoms with E-state index in [9.17, 15) is 29.4 Å². The van der Waals surface area contributed by atoms with Gasteiger partial charge in [-0.15, -0.1) is 0 Å². The topological polar surface area (TPSA) is 142 Å². The van der Waals surface area contributed by atoms with E-state index in [-0.39, 0.29) is 31.1 Å². The molecule has 9 nitrogen and oxygen atoms in total. The lowest BCUT2D eigenvalue weighted by Crippen LogP contribution is -2.54. The van der Waals surface area contributed by atoms with Gasteiger partial charge in [-0.25, -0.2) is 9.59 Å². The molecule has 1 aliphatic rings. The Balaban J connectivity index is 1.32. The molecule has 0 saturated carbocycles. The summed E-state index contributed by atoms with van der Waals surface area (Å²) in [5.74, 6) is -3.77. The first-order chi connectivity index (χ1) is 20.8. The number of fused-ring (bicyclic) bond motifs is 3. The number of alkyl carbamates (subject to hydrolysis) is 1. The number of amides is 2. The van der Waals surface area contributed by atoms with Gasteiger partial charge in [0.1, 0.15) is 24.4 Å². The zero-order valence-corrected chi connectivity index (χ0v) is 23.1. The summed E-state index contributed by atoms with van der Waals surface area (Å²) >= 11 is 0. The molecule has 4 N–H and O–H groups in total. The van der Waals surface area contributed by atoms with Gasteiger partial charge in [-0.1, -0.05) is 91.0 Å². The van der Waals surface area contributed by atoms with Crippen LogP contribution in [0.15, 0.2) is 103 Å². The largest absolute Gasteiger partial charge is 0.508 e. The summed E-state index contributed by atoms with van der Waals surface area (Å²) in [6, 6.07) is 28.0. The number of nitrogens with one attached hydrogen (secondary N) is 2. The molecule has 218 valence electrons. The number of carbonyl (C=O) groups is 4. The van der Waals surface area contributed by atoms with Gasteiger partial charge in [0.05, 0.1) is 0 Å². The molecule has 0 aromatic heterocycles. The van der Waals surface area contributed by atoms with Crippen LogP contribution in [0.1, 0.15) is 28.2 Å². The van der Waals surface area contributed by atoms with Gasteiger partial charge in [0, 0.05) is 18.8 Å². The average molecular weight is 579 g/mol. The van der Waals surface area contributed by atoms with E-state index in [1.807, 2.05) is 48.5 Å². The summed E-state index contributed by atoms with van der Waals surface area (Å²) in [5.41, 5.74) is 5.48. The van der Waals surface area contributed by atoms with Gasteiger partial charge in [-0.3, -0.25) is 9.59 Å². The fourth-order valence-corrected chi connectivity index (χ4v) is 5.34. The minimum Gasteiger partial charge on any atom is -0.508 e. The number of carboxylic acids is 1. The predicted molar refractivity (Wildman–Crippen MR) is 159 cm³/mol. The minimum absolute atomic E-state index is 0.00434. The molecular weight excluding hydrogens is 548 g/mol. The van der Waals surface area contributed by atoms with Crippen LogP contribution in [-0.2, 0) is 32.0 Å². The smallest absolute Gasteiger partial charge is 0.407 e. The van der Waals surface area contributed by atoms with E-state index in [0.717, 1.165) is 22.3 Å². The van der Waals surface area contributed by atoms with E-state index in [2.05, 4.69) is 10.6 Å². The third kappa shape index (κ3) is 6.90. The number of phenolic OH excluding ortho intramolecular Hbond substituents is 1. The standard InChI is InChI=1S/C34H30N2O7/c37-23-16-14-22(15-17-23)19-30(32(39)35-29(31(38)33(40)41)18-21-8-2-1-3-9-21)36-34(42)43-20-28-26-12-6-4-10-24(26)25-11-5-7-13-27(25)28/h1-17,28-30,37H,18-20H2,(H,35,39)(H,36,42)(H,40,41)/t29-,30-/m0/s1. The second kappa shape index (κ2) is 13.0. The number of ether oxygens (including phenoxy) is 1. The third-order valence-corrected chi connectivity index (χ3v) is 7.45. The highest BCUT2D eigenvalue weighted by Gasteiger charge is 2.32. The summed E-state index contributed by atoms with van der Waals surface area (Å²) in [4.78, 5) is 50.7. The maximum Gasteiger partial charge on any atom is 0.407 e. The van der Waals surface area contributed by atoms with Gasteiger partial charge in [-0.2, -0.15) is 0 Å². The van der Waals surface area contributed by atoms with E-state index < -0.39 is 35.8 Å². The Labute approximate surface area is 248 Å². The summed E-state index contributed by atoms with van der Waals surface area (Å²) in [6.07, 6.45) is -0.894. The molecule has 0 fully saturated rings. The molecule has 0 heterocycles. The SMILES string of the molecule is O=C(N[C@@H](Cc1ccc(O)cc1)C(=O)N[C@@H](Cc1ccccc1)C(=O)C(=O)O)OCC1c2ccccc2-c2ccccc21. The van der Waals surface area contributed by atoms with Crippen LogP contribution in [0.2, 0.25) is 0 Å². The van der Waals surface area contributed by atoms with E-state index in [1.165, 1.54) is 12.1 Å². The molecule has 1 aliphatic carbocycles. The van der Waals surface area contributed by atoms with E-state index >= 15 is 0 Å².